The van der Waals surface area contributed by atoms with Crippen LogP contribution in [0, 0.1) is 0 Å². The monoisotopic (exact) mass is 303 g/mol. The summed E-state index contributed by atoms with van der Waals surface area (Å²) in [5, 5.41) is 0. The second-order valence-electron chi connectivity index (χ2n) is 5.38. The molecule has 2 aromatic heterocycles. The zero-order valence-corrected chi connectivity index (χ0v) is 13.1. The maximum Gasteiger partial charge on any atom is 0.234 e. The molecule has 0 saturated carbocycles. The van der Waals surface area contributed by atoms with E-state index in [0.29, 0.717) is 6.54 Å². The van der Waals surface area contributed by atoms with Crippen molar-refractivity contribution in [3.63, 3.8) is 0 Å². The second-order valence-corrected chi connectivity index (χ2v) is 5.38. The van der Waals surface area contributed by atoms with Crippen LogP contribution >= 0.6 is 0 Å². The SMILES string of the molecule is [B]n1cccc1/C(CCN)=C1N=C(/C=C/c2ccco2)C=C\1C. The zero-order chi connectivity index (χ0) is 16.2. The minimum atomic E-state index is 0.546. The highest BCUT2D eigenvalue weighted by Crippen LogP contribution is 2.30. The molecular weight excluding hydrogens is 285 g/mol. The van der Waals surface area contributed by atoms with Crippen LogP contribution in [0.15, 0.2) is 69.6 Å². The van der Waals surface area contributed by atoms with Gasteiger partial charge in [0.05, 0.1) is 17.7 Å². The minimum absolute atomic E-state index is 0.546. The lowest BCUT2D eigenvalue weighted by atomic mass is 10.0. The summed E-state index contributed by atoms with van der Waals surface area (Å²) < 4.78 is 6.91. The van der Waals surface area contributed by atoms with Gasteiger partial charge in [-0.3, -0.25) is 0 Å². The van der Waals surface area contributed by atoms with Crippen molar-refractivity contribution >= 4 is 25.3 Å². The molecule has 1 aliphatic heterocycles. The first kappa shape index (κ1) is 15.4. The van der Waals surface area contributed by atoms with Crippen molar-refractivity contribution in [1.82, 2.24) is 4.48 Å². The fraction of sp³-hybridized carbons (Fsp3) is 0.167. The second kappa shape index (κ2) is 6.71. The van der Waals surface area contributed by atoms with Crippen molar-refractivity contribution < 1.29 is 4.42 Å². The first-order chi connectivity index (χ1) is 11.2. The minimum Gasteiger partial charge on any atom is -0.465 e. The van der Waals surface area contributed by atoms with Crippen LogP contribution < -0.4 is 5.73 Å². The van der Waals surface area contributed by atoms with Gasteiger partial charge in [-0.05, 0) is 74.2 Å². The number of nitrogens with two attached hydrogens (primary N) is 1. The Morgan fingerprint density at radius 1 is 1.35 bits per heavy atom. The lowest BCUT2D eigenvalue weighted by molar-refractivity contribution is 0.557. The normalized spacial score (nSPS) is 16.8. The van der Waals surface area contributed by atoms with Gasteiger partial charge in [0, 0.05) is 11.3 Å². The van der Waals surface area contributed by atoms with Crippen molar-refractivity contribution in [2.75, 3.05) is 6.54 Å². The summed E-state index contributed by atoms with van der Waals surface area (Å²) in [6.07, 6.45) is 10.1. The standard InChI is InChI=1S/C18H18BN3O/c1-13-12-14(6-7-15-4-3-11-23-15)21-18(13)16(8-9-20)17-5-2-10-22(17)19/h2-7,10-12H,8-9,20H2,1H3/b7-6+,18-16-. The molecule has 0 atom stereocenters. The number of allylic oxidation sites excluding steroid dienone is 3. The van der Waals surface area contributed by atoms with Crippen LogP contribution in [0.2, 0.25) is 0 Å². The lowest BCUT2D eigenvalue weighted by Gasteiger charge is -2.11. The van der Waals surface area contributed by atoms with E-state index >= 15 is 0 Å². The summed E-state index contributed by atoms with van der Waals surface area (Å²) in [5.74, 6) is 0.800. The number of aromatic nitrogens is 1. The highest BCUT2D eigenvalue weighted by molar-refractivity contribution is 6.11. The molecule has 114 valence electrons. The van der Waals surface area contributed by atoms with E-state index < -0.39 is 0 Å². The quantitative estimate of drug-likeness (QED) is 0.862. The number of aliphatic imine (C=N–C) groups is 1. The molecule has 0 aliphatic carbocycles. The molecule has 1 aliphatic rings. The first-order valence-electron chi connectivity index (χ1n) is 7.54. The van der Waals surface area contributed by atoms with Gasteiger partial charge in [-0.2, -0.15) is 0 Å². The molecule has 4 nitrogen and oxygen atoms in total. The fourth-order valence-electron chi connectivity index (χ4n) is 2.65. The molecule has 0 bridgehead atoms. The summed E-state index contributed by atoms with van der Waals surface area (Å²) in [4.78, 5) is 4.74. The number of rotatable bonds is 5. The van der Waals surface area contributed by atoms with Gasteiger partial charge >= 0.3 is 0 Å². The maximum absolute atomic E-state index is 5.99. The van der Waals surface area contributed by atoms with Gasteiger partial charge in [-0.15, -0.1) is 0 Å². The van der Waals surface area contributed by atoms with Gasteiger partial charge in [-0.25, -0.2) is 4.99 Å². The third-order valence-electron chi connectivity index (χ3n) is 3.71. The Kier molecular flexibility index (Phi) is 4.48. The summed E-state index contributed by atoms with van der Waals surface area (Å²) in [6.45, 7) is 2.59. The van der Waals surface area contributed by atoms with Crippen molar-refractivity contribution in [3.05, 3.63) is 71.6 Å². The van der Waals surface area contributed by atoms with E-state index in [9.17, 15) is 0 Å². The van der Waals surface area contributed by atoms with Gasteiger partial charge in [0.2, 0.25) is 7.98 Å². The van der Waals surface area contributed by atoms with Gasteiger partial charge in [0.15, 0.2) is 0 Å². The van der Waals surface area contributed by atoms with Gasteiger partial charge in [0.25, 0.3) is 0 Å². The van der Waals surface area contributed by atoms with Crippen molar-refractivity contribution in [3.8, 4) is 0 Å². The smallest absolute Gasteiger partial charge is 0.234 e. The van der Waals surface area contributed by atoms with Crippen molar-refractivity contribution in [1.29, 1.82) is 0 Å². The van der Waals surface area contributed by atoms with Crippen LogP contribution in [-0.4, -0.2) is 24.7 Å². The highest BCUT2D eigenvalue weighted by Gasteiger charge is 2.16. The van der Waals surface area contributed by atoms with Crippen LogP contribution in [0.25, 0.3) is 11.6 Å². The third kappa shape index (κ3) is 3.30. The molecule has 0 aromatic carbocycles. The molecule has 3 rings (SSSR count). The van der Waals surface area contributed by atoms with Crippen LogP contribution in [0.1, 0.15) is 24.8 Å². The van der Waals surface area contributed by atoms with Crippen LogP contribution in [-0.2, 0) is 0 Å². The lowest BCUT2D eigenvalue weighted by Crippen LogP contribution is -2.05. The molecule has 3 heterocycles. The van der Waals surface area contributed by atoms with Crippen LogP contribution in [0.3, 0.4) is 0 Å². The molecule has 2 radical (unpaired) electrons. The molecule has 0 fully saturated rings. The summed E-state index contributed by atoms with van der Waals surface area (Å²) in [7, 11) is 5.99. The number of hydrogen-bond donors (Lipinski definition) is 1. The Morgan fingerprint density at radius 3 is 2.87 bits per heavy atom. The van der Waals surface area contributed by atoms with Gasteiger partial charge < -0.3 is 14.6 Å². The Hall–Kier alpha value is -2.53. The summed E-state index contributed by atoms with van der Waals surface area (Å²) in [5.41, 5.74) is 10.7. The molecule has 5 heteroatoms. The van der Waals surface area contributed by atoms with Crippen LogP contribution in [0.5, 0.6) is 0 Å². The van der Waals surface area contributed by atoms with E-state index in [1.807, 2.05) is 49.5 Å². The Balaban J connectivity index is 1.97. The summed E-state index contributed by atoms with van der Waals surface area (Å²) in [6, 6.07) is 7.66. The molecule has 2 N–H and O–H groups in total. The number of furan rings is 1. The average molecular weight is 303 g/mol. The van der Waals surface area contributed by atoms with E-state index in [-0.39, 0.29) is 0 Å². The molecule has 0 spiro atoms. The van der Waals surface area contributed by atoms with E-state index in [1.54, 1.807) is 10.7 Å². The van der Waals surface area contributed by atoms with Crippen LogP contribution in [0.4, 0.5) is 0 Å². The van der Waals surface area contributed by atoms with Gasteiger partial charge in [0.1, 0.15) is 5.76 Å². The molecular formula is C18H18BN3O. The Labute approximate surface area is 137 Å². The first-order valence-corrected chi connectivity index (χ1v) is 7.54. The molecule has 0 unspecified atom stereocenters. The summed E-state index contributed by atoms with van der Waals surface area (Å²) >= 11 is 0. The van der Waals surface area contributed by atoms with Gasteiger partial charge in [-0.1, -0.05) is 0 Å². The van der Waals surface area contributed by atoms with E-state index in [2.05, 4.69) is 6.08 Å². The Bertz CT molecular complexity index is 807. The zero-order valence-electron chi connectivity index (χ0n) is 13.1. The molecule has 0 amide bonds. The number of nitrogens with zero attached hydrogens (tertiary/aromatic N) is 2. The molecule has 0 saturated heterocycles. The maximum atomic E-state index is 5.99. The average Bonchev–Trinajstić information content (AvgIpc) is 3.25. The number of hydrogen-bond acceptors (Lipinski definition) is 3. The largest absolute Gasteiger partial charge is 0.465 e. The van der Waals surface area contributed by atoms with E-state index in [0.717, 1.165) is 40.4 Å². The Morgan fingerprint density at radius 2 is 2.22 bits per heavy atom. The van der Waals surface area contributed by atoms with Crippen molar-refractivity contribution in [2.24, 2.45) is 10.7 Å². The topological polar surface area (TPSA) is 56.5 Å². The van der Waals surface area contributed by atoms with Crippen molar-refractivity contribution in [2.45, 2.75) is 13.3 Å². The predicted molar refractivity (Wildman–Crippen MR) is 95.1 cm³/mol. The highest BCUT2D eigenvalue weighted by atomic mass is 16.3. The predicted octanol–water partition coefficient (Wildman–Crippen LogP) is 3.19. The fourth-order valence-corrected chi connectivity index (χ4v) is 2.65. The third-order valence-corrected chi connectivity index (χ3v) is 3.71. The van der Waals surface area contributed by atoms with E-state index in [4.69, 9.17) is 23.1 Å². The molecule has 23 heavy (non-hydrogen) atoms. The van der Waals surface area contributed by atoms with E-state index in [1.165, 1.54) is 0 Å². The molecule has 2 aromatic rings.